The molecule has 1 amide bonds. The topological polar surface area (TPSA) is 46.4 Å². The van der Waals surface area contributed by atoms with Crippen LogP contribution in [0.25, 0.3) is 0 Å². The Morgan fingerprint density at radius 2 is 2.54 bits per heavy atom. The van der Waals surface area contributed by atoms with Gasteiger partial charge in [-0.05, 0) is 19.1 Å². The van der Waals surface area contributed by atoms with Gasteiger partial charge in [-0.1, -0.05) is 0 Å². The van der Waals surface area contributed by atoms with E-state index >= 15 is 0 Å². The predicted molar refractivity (Wildman–Crippen MR) is 51.5 cm³/mol. The molecule has 0 fully saturated rings. The molecular formula is C9H13N3O. The van der Waals surface area contributed by atoms with Crippen molar-refractivity contribution in [2.75, 3.05) is 0 Å². The molecule has 1 aromatic heterocycles. The maximum absolute atomic E-state index is 10.5. The molecule has 0 aromatic carbocycles. The molecule has 1 rings (SSSR count). The van der Waals surface area contributed by atoms with Crippen LogP contribution in [0.5, 0.6) is 0 Å². The van der Waals surface area contributed by atoms with Crippen LogP contribution in [-0.2, 0) is 11.3 Å². The van der Waals surface area contributed by atoms with E-state index < -0.39 is 0 Å². The summed E-state index contributed by atoms with van der Waals surface area (Å²) < 4.78 is 2.03. The Balaban J connectivity index is 2.62. The third-order valence-electron chi connectivity index (χ3n) is 1.62. The molecule has 0 saturated heterocycles. The van der Waals surface area contributed by atoms with E-state index in [-0.39, 0.29) is 5.91 Å². The summed E-state index contributed by atoms with van der Waals surface area (Å²) in [5, 5.41) is 3.78. The number of nitrogens with one attached hydrogen (secondary N) is 1. The fraction of sp³-hybridized carbons (Fsp3) is 0.333. The lowest BCUT2D eigenvalue weighted by atomic mass is 10.4. The van der Waals surface area contributed by atoms with Gasteiger partial charge < -0.3 is 4.57 Å². The Labute approximate surface area is 77.3 Å². The van der Waals surface area contributed by atoms with E-state index in [1.165, 1.54) is 6.92 Å². The van der Waals surface area contributed by atoms with Crippen molar-refractivity contribution in [2.24, 2.45) is 5.10 Å². The molecule has 13 heavy (non-hydrogen) atoms. The molecule has 0 aliphatic heterocycles. The molecule has 70 valence electrons. The highest BCUT2D eigenvalue weighted by atomic mass is 16.2. The molecule has 0 radical (unpaired) electrons. The van der Waals surface area contributed by atoms with Crippen LogP contribution >= 0.6 is 0 Å². The van der Waals surface area contributed by atoms with Gasteiger partial charge >= 0.3 is 0 Å². The summed E-state index contributed by atoms with van der Waals surface area (Å²) in [6.07, 6.45) is 3.60. The average Bonchev–Trinajstić information content (AvgIpc) is 2.51. The molecule has 0 aliphatic carbocycles. The Morgan fingerprint density at radius 3 is 3.15 bits per heavy atom. The van der Waals surface area contributed by atoms with Crippen LogP contribution in [0.1, 0.15) is 19.5 Å². The first-order valence-corrected chi connectivity index (χ1v) is 4.19. The number of aryl methyl sites for hydroxylation is 1. The number of nitrogens with zero attached hydrogens (tertiary/aromatic N) is 2. The van der Waals surface area contributed by atoms with E-state index in [9.17, 15) is 4.79 Å². The monoisotopic (exact) mass is 179 g/mol. The Kier molecular flexibility index (Phi) is 3.25. The quantitative estimate of drug-likeness (QED) is 0.545. The smallest absolute Gasteiger partial charge is 0.236 e. The molecule has 1 N–H and O–H groups in total. The van der Waals surface area contributed by atoms with Gasteiger partial charge in [-0.3, -0.25) is 4.79 Å². The van der Waals surface area contributed by atoms with Crippen molar-refractivity contribution >= 4 is 12.1 Å². The molecule has 0 bridgehead atoms. The highest BCUT2D eigenvalue weighted by Crippen LogP contribution is 1.97. The van der Waals surface area contributed by atoms with E-state index in [4.69, 9.17) is 0 Å². The first-order chi connectivity index (χ1) is 6.24. The highest BCUT2D eigenvalue weighted by molar-refractivity contribution is 5.80. The van der Waals surface area contributed by atoms with Crippen molar-refractivity contribution in [3.63, 3.8) is 0 Å². The Bertz CT molecular complexity index is 314. The zero-order valence-electron chi connectivity index (χ0n) is 7.82. The van der Waals surface area contributed by atoms with Gasteiger partial charge in [-0.2, -0.15) is 5.10 Å². The van der Waals surface area contributed by atoms with E-state index in [1.807, 2.05) is 22.9 Å². The van der Waals surface area contributed by atoms with Crippen molar-refractivity contribution in [2.45, 2.75) is 20.4 Å². The second-order valence-electron chi connectivity index (χ2n) is 2.65. The van der Waals surface area contributed by atoms with Gasteiger partial charge in [0.05, 0.1) is 11.9 Å². The third kappa shape index (κ3) is 2.74. The summed E-state index contributed by atoms with van der Waals surface area (Å²) in [6, 6.07) is 3.88. The van der Waals surface area contributed by atoms with Gasteiger partial charge in [-0.15, -0.1) is 0 Å². The Hall–Kier alpha value is -1.58. The van der Waals surface area contributed by atoms with Crippen molar-refractivity contribution in [3.05, 3.63) is 24.0 Å². The van der Waals surface area contributed by atoms with Crippen LogP contribution in [-0.4, -0.2) is 16.7 Å². The van der Waals surface area contributed by atoms with Crippen LogP contribution < -0.4 is 5.43 Å². The minimum absolute atomic E-state index is 0.161. The fourth-order valence-corrected chi connectivity index (χ4v) is 1.02. The van der Waals surface area contributed by atoms with Crippen LogP contribution in [0, 0.1) is 0 Å². The SMILES string of the molecule is CCn1cccc1/C=N\NC(C)=O. The molecule has 0 aliphatic rings. The summed E-state index contributed by atoms with van der Waals surface area (Å²) in [5.74, 6) is -0.161. The molecule has 0 saturated carbocycles. The molecule has 0 spiro atoms. The number of amides is 1. The van der Waals surface area contributed by atoms with E-state index in [1.54, 1.807) is 6.21 Å². The molecule has 4 heteroatoms. The summed E-state index contributed by atoms with van der Waals surface area (Å²) in [7, 11) is 0. The zero-order chi connectivity index (χ0) is 9.68. The van der Waals surface area contributed by atoms with Gasteiger partial charge in [0.25, 0.3) is 0 Å². The summed E-state index contributed by atoms with van der Waals surface area (Å²) in [4.78, 5) is 10.5. The van der Waals surface area contributed by atoms with Crippen molar-refractivity contribution < 1.29 is 4.79 Å². The normalized spacial score (nSPS) is 10.6. The summed E-state index contributed by atoms with van der Waals surface area (Å²) in [5.41, 5.74) is 3.33. The van der Waals surface area contributed by atoms with E-state index in [2.05, 4.69) is 17.5 Å². The number of rotatable bonds is 3. The maximum Gasteiger partial charge on any atom is 0.236 e. The van der Waals surface area contributed by atoms with Gasteiger partial charge in [0.15, 0.2) is 0 Å². The highest BCUT2D eigenvalue weighted by Gasteiger charge is 1.93. The lowest BCUT2D eigenvalue weighted by molar-refractivity contribution is -0.118. The van der Waals surface area contributed by atoms with Crippen LogP contribution in [0.15, 0.2) is 23.4 Å². The lowest BCUT2D eigenvalue weighted by Crippen LogP contribution is -2.12. The Morgan fingerprint density at radius 1 is 1.77 bits per heavy atom. The molecule has 0 atom stereocenters. The predicted octanol–water partition coefficient (Wildman–Crippen LogP) is 0.978. The van der Waals surface area contributed by atoms with Gasteiger partial charge in [-0.25, -0.2) is 5.43 Å². The molecule has 4 nitrogen and oxygen atoms in total. The minimum Gasteiger partial charge on any atom is -0.347 e. The van der Waals surface area contributed by atoms with Crippen LogP contribution in [0.3, 0.4) is 0 Å². The molecule has 0 unspecified atom stereocenters. The maximum atomic E-state index is 10.5. The fourth-order valence-electron chi connectivity index (χ4n) is 1.02. The number of hydrogen-bond acceptors (Lipinski definition) is 2. The zero-order valence-corrected chi connectivity index (χ0v) is 7.82. The van der Waals surface area contributed by atoms with Crippen molar-refractivity contribution in [3.8, 4) is 0 Å². The second-order valence-corrected chi connectivity index (χ2v) is 2.65. The average molecular weight is 179 g/mol. The van der Waals surface area contributed by atoms with Crippen molar-refractivity contribution in [1.82, 2.24) is 9.99 Å². The number of carbonyl (C=O) groups excluding carboxylic acids is 1. The molecular weight excluding hydrogens is 166 g/mol. The first kappa shape index (κ1) is 9.51. The van der Waals surface area contributed by atoms with E-state index in [0.717, 1.165) is 12.2 Å². The number of carbonyl (C=O) groups is 1. The van der Waals surface area contributed by atoms with E-state index in [0.29, 0.717) is 0 Å². The largest absolute Gasteiger partial charge is 0.347 e. The first-order valence-electron chi connectivity index (χ1n) is 4.19. The molecule has 1 heterocycles. The van der Waals surface area contributed by atoms with Gasteiger partial charge in [0, 0.05) is 19.7 Å². The second kappa shape index (κ2) is 4.45. The lowest BCUT2D eigenvalue weighted by Gasteiger charge is -1.99. The third-order valence-corrected chi connectivity index (χ3v) is 1.62. The van der Waals surface area contributed by atoms with Crippen LogP contribution in [0.4, 0.5) is 0 Å². The van der Waals surface area contributed by atoms with Gasteiger partial charge in [0.1, 0.15) is 0 Å². The van der Waals surface area contributed by atoms with Crippen molar-refractivity contribution in [1.29, 1.82) is 0 Å². The minimum atomic E-state index is -0.161. The van der Waals surface area contributed by atoms with Crippen LogP contribution in [0.2, 0.25) is 0 Å². The standard InChI is InChI=1S/C9H13N3O/c1-3-12-6-4-5-9(12)7-10-11-8(2)13/h4-7H,3H2,1-2H3,(H,11,13)/b10-7-. The number of aromatic nitrogens is 1. The number of hydrazone groups is 1. The number of hydrogen-bond donors (Lipinski definition) is 1. The summed E-state index contributed by atoms with van der Waals surface area (Å²) in [6.45, 7) is 4.38. The van der Waals surface area contributed by atoms with Gasteiger partial charge in [0.2, 0.25) is 5.91 Å². The molecule has 1 aromatic rings. The summed E-state index contributed by atoms with van der Waals surface area (Å²) >= 11 is 0.